The van der Waals surface area contributed by atoms with E-state index in [1.54, 1.807) is 7.05 Å². The maximum Gasteiger partial charge on any atom is 0.242 e. The smallest absolute Gasteiger partial charge is 0.242 e. The maximum absolute atomic E-state index is 12.1. The number of ether oxygens (including phenoxy) is 1. The summed E-state index contributed by atoms with van der Waals surface area (Å²) >= 11 is 0. The van der Waals surface area contributed by atoms with Crippen LogP contribution in [0.4, 0.5) is 11.4 Å². The van der Waals surface area contributed by atoms with Gasteiger partial charge in [0, 0.05) is 13.6 Å². The van der Waals surface area contributed by atoms with Gasteiger partial charge in [0.15, 0.2) is 0 Å². The third-order valence-electron chi connectivity index (χ3n) is 3.87. The zero-order valence-electron chi connectivity index (χ0n) is 12.9. The van der Waals surface area contributed by atoms with E-state index in [0.717, 1.165) is 37.9 Å². The van der Waals surface area contributed by atoms with Crippen molar-refractivity contribution in [3.63, 3.8) is 0 Å². The number of para-hydroxylation sites is 1. The summed E-state index contributed by atoms with van der Waals surface area (Å²) < 4.78 is 5.69. The quantitative estimate of drug-likeness (QED) is 0.816. The van der Waals surface area contributed by atoms with Crippen molar-refractivity contribution in [1.82, 2.24) is 5.32 Å². The number of nitrogen functional groups attached to an aromatic ring is 1. The predicted octanol–water partition coefficient (Wildman–Crippen LogP) is 2.16. The number of rotatable bonds is 5. The van der Waals surface area contributed by atoms with Crippen LogP contribution in [0, 0.1) is 0 Å². The van der Waals surface area contributed by atoms with Crippen molar-refractivity contribution < 1.29 is 9.53 Å². The van der Waals surface area contributed by atoms with Crippen molar-refractivity contribution >= 4 is 17.3 Å². The van der Waals surface area contributed by atoms with E-state index in [0.29, 0.717) is 18.0 Å². The van der Waals surface area contributed by atoms with Gasteiger partial charge in [-0.2, -0.15) is 0 Å². The highest BCUT2D eigenvalue weighted by molar-refractivity contribution is 5.87. The summed E-state index contributed by atoms with van der Waals surface area (Å²) in [6, 6.07) is 5.64. The van der Waals surface area contributed by atoms with E-state index in [1.165, 1.54) is 0 Å². The minimum absolute atomic E-state index is 0.0500. The van der Waals surface area contributed by atoms with Crippen LogP contribution in [0.25, 0.3) is 0 Å². The molecule has 1 atom stereocenters. The van der Waals surface area contributed by atoms with Crippen LogP contribution in [-0.2, 0) is 4.79 Å². The summed E-state index contributed by atoms with van der Waals surface area (Å²) in [6.07, 6.45) is 3.95. The van der Waals surface area contributed by atoms with Crippen LogP contribution < -0.4 is 20.7 Å². The Labute approximate surface area is 126 Å². The van der Waals surface area contributed by atoms with E-state index in [2.05, 4.69) is 17.1 Å². The molecule has 1 unspecified atom stereocenters. The monoisotopic (exact) mass is 291 g/mol. The van der Waals surface area contributed by atoms with Gasteiger partial charge in [0.05, 0.1) is 18.0 Å². The molecule has 116 valence electrons. The van der Waals surface area contributed by atoms with E-state index in [4.69, 9.17) is 10.5 Å². The highest BCUT2D eigenvalue weighted by Crippen LogP contribution is 2.35. The molecule has 5 heteroatoms. The minimum Gasteiger partial charge on any atom is -0.491 e. The first-order valence-electron chi connectivity index (χ1n) is 7.68. The molecule has 21 heavy (non-hydrogen) atoms. The van der Waals surface area contributed by atoms with Crippen LogP contribution >= 0.6 is 0 Å². The van der Waals surface area contributed by atoms with E-state index < -0.39 is 0 Å². The SMILES string of the molecule is CCCOc1cccc(N2CCCCC2C(=O)NC)c1N. The molecule has 1 aliphatic heterocycles. The second-order valence-electron chi connectivity index (χ2n) is 5.36. The third kappa shape index (κ3) is 3.40. The lowest BCUT2D eigenvalue weighted by atomic mass is 10.00. The van der Waals surface area contributed by atoms with Gasteiger partial charge in [-0.1, -0.05) is 13.0 Å². The Bertz CT molecular complexity index is 490. The Morgan fingerprint density at radius 2 is 2.29 bits per heavy atom. The highest BCUT2D eigenvalue weighted by atomic mass is 16.5. The van der Waals surface area contributed by atoms with Crippen molar-refractivity contribution in [2.45, 2.75) is 38.6 Å². The number of anilines is 2. The zero-order chi connectivity index (χ0) is 15.2. The number of nitrogens with two attached hydrogens (primary N) is 1. The van der Waals surface area contributed by atoms with Crippen molar-refractivity contribution in [3.05, 3.63) is 18.2 Å². The standard InChI is InChI=1S/C16H25N3O2/c1-3-11-21-14-9-6-8-12(15(14)17)19-10-5-4-7-13(19)16(20)18-2/h6,8-9,13H,3-5,7,10-11,17H2,1-2H3,(H,18,20). The topological polar surface area (TPSA) is 67.6 Å². The number of likely N-dealkylation sites (N-methyl/N-ethyl adjacent to an activating group) is 1. The molecule has 1 heterocycles. The second-order valence-corrected chi connectivity index (χ2v) is 5.36. The predicted molar refractivity (Wildman–Crippen MR) is 85.7 cm³/mol. The van der Waals surface area contributed by atoms with Crippen LogP contribution in [0.5, 0.6) is 5.75 Å². The van der Waals surface area contributed by atoms with Crippen molar-refractivity contribution in [2.75, 3.05) is 30.8 Å². The number of piperidine rings is 1. The largest absolute Gasteiger partial charge is 0.491 e. The Morgan fingerprint density at radius 1 is 1.48 bits per heavy atom. The fourth-order valence-corrected chi connectivity index (χ4v) is 2.78. The third-order valence-corrected chi connectivity index (χ3v) is 3.87. The van der Waals surface area contributed by atoms with Gasteiger partial charge < -0.3 is 20.7 Å². The molecule has 0 spiro atoms. The van der Waals surface area contributed by atoms with Gasteiger partial charge in [-0.15, -0.1) is 0 Å². The average Bonchev–Trinajstić information content (AvgIpc) is 2.53. The summed E-state index contributed by atoms with van der Waals surface area (Å²) in [4.78, 5) is 14.2. The lowest BCUT2D eigenvalue weighted by Gasteiger charge is -2.37. The fraction of sp³-hybridized carbons (Fsp3) is 0.562. The molecular weight excluding hydrogens is 266 g/mol. The number of hydrogen-bond donors (Lipinski definition) is 2. The van der Waals surface area contributed by atoms with Gasteiger partial charge in [0.2, 0.25) is 5.91 Å². The van der Waals surface area contributed by atoms with Crippen LogP contribution in [-0.4, -0.2) is 32.1 Å². The first kappa shape index (κ1) is 15.5. The average molecular weight is 291 g/mol. The number of amides is 1. The first-order chi connectivity index (χ1) is 10.2. The molecule has 1 saturated heterocycles. The molecule has 1 aliphatic rings. The summed E-state index contributed by atoms with van der Waals surface area (Å²) in [5, 5.41) is 2.75. The normalized spacial score (nSPS) is 18.4. The number of benzene rings is 1. The van der Waals surface area contributed by atoms with Gasteiger partial charge in [0.1, 0.15) is 11.8 Å². The molecule has 1 fully saturated rings. The van der Waals surface area contributed by atoms with Crippen molar-refractivity contribution in [3.8, 4) is 5.75 Å². The Morgan fingerprint density at radius 3 is 3.00 bits per heavy atom. The van der Waals surface area contributed by atoms with Gasteiger partial charge in [-0.05, 0) is 37.8 Å². The Kier molecular flexibility index (Phi) is 5.31. The molecule has 0 aromatic heterocycles. The Hall–Kier alpha value is -1.91. The first-order valence-corrected chi connectivity index (χ1v) is 7.68. The van der Waals surface area contributed by atoms with Crippen molar-refractivity contribution in [2.24, 2.45) is 0 Å². The van der Waals surface area contributed by atoms with Crippen molar-refractivity contribution in [1.29, 1.82) is 0 Å². The van der Waals surface area contributed by atoms with Crippen LogP contribution in [0.1, 0.15) is 32.6 Å². The number of carbonyl (C=O) groups excluding carboxylic acids is 1. The fourth-order valence-electron chi connectivity index (χ4n) is 2.78. The lowest BCUT2D eigenvalue weighted by molar-refractivity contribution is -0.122. The summed E-state index contributed by atoms with van der Waals surface area (Å²) in [5.74, 6) is 0.754. The lowest BCUT2D eigenvalue weighted by Crippen LogP contribution is -2.49. The minimum atomic E-state index is -0.146. The molecule has 0 bridgehead atoms. The summed E-state index contributed by atoms with van der Waals surface area (Å²) in [6.45, 7) is 3.55. The van der Waals surface area contributed by atoms with Gasteiger partial charge in [-0.3, -0.25) is 4.79 Å². The van der Waals surface area contributed by atoms with Crippen LogP contribution in [0.15, 0.2) is 18.2 Å². The number of hydrogen-bond acceptors (Lipinski definition) is 4. The molecule has 0 aliphatic carbocycles. The van der Waals surface area contributed by atoms with E-state index in [9.17, 15) is 4.79 Å². The van der Waals surface area contributed by atoms with E-state index in [-0.39, 0.29) is 11.9 Å². The number of nitrogens with one attached hydrogen (secondary N) is 1. The maximum atomic E-state index is 12.1. The van der Waals surface area contributed by atoms with E-state index >= 15 is 0 Å². The summed E-state index contributed by atoms with van der Waals surface area (Å²) in [7, 11) is 1.68. The number of carbonyl (C=O) groups is 1. The molecule has 1 aromatic rings. The summed E-state index contributed by atoms with van der Waals surface area (Å²) in [5.41, 5.74) is 7.79. The van der Waals surface area contributed by atoms with Gasteiger partial charge in [0.25, 0.3) is 0 Å². The molecule has 1 aromatic carbocycles. The molecule has 0 radical (unpaired) electrons. The second kappa shape index (κ2) is 7.20. The molecule has 5 nitrogen and oxygen atoms in total. The molecule has 2 rings (SSSR count). The molecule has 3 N–H and O–H groups in total. The molecule has 1 amide bonds. The zero-order valence-corrected chi connectivity index (χ0v) is 12.9. The highest BCUT2D eigenvalue weighted by Gasteiger charge is 2.29. The Balaban J connectivity index is 2.28. The molecular formula is C16H25N3O2. The van der Waals surface area contributed by atoms with Crippen LogP contribution in [0.3, 0.4) is 0 Å². The van der Waals surface area contributed by atoms with Gasteiger partial charge in [-0.25, -0.2) is 0 Å². The number of nitrogens with zero attached hydrogens (tertiary/aromatic N) is 1. The van der Waals surface area contributed by atoms with Crippen LogP contribution in [0.2, 0.25) is 0 Å². The molecule has 0 saturated carbocycles. The van der Waals surface area contributed by atoms with Gasteiger partial charge >= 0.3 is 0 Å². The van der Waals surface area contributed by atoms with E-state index in [1.807, 2.05) is 18.2 Å².